The monoisotopic (exact) mass is 213 g/mol. The Hall–Kier alpha value is -0.870. The van der Waals surface area contributed by atoms with E-state index in [4.69, 9.17) is 16.3 Å². The highest BCUT2D eigenvalue weighted by Gasteiger charge is 2.11. The Morgan fingerprint density at radius 1 is 1.29 bits per heavy atom. The molecular formula is C9H12ClN3O. The van der Waals surface area contributed by atoms with E-state index in [1.54, 1.807) is 6.07 Å². The molecule has 14 heavy (non-hydrogen) atoms. The number of hydrogen-bond acceptors (Lipinski definition) is 4. The van der Waals surface area contributed by atoms with Crippen LogP contribution >= 0.6 is 11.6 Å². The van der Waals surface area contributed by atoms with E-state index < -0.39 is 0 Å². The largest absolute Gasteiger partial charge is 0.380 e. The Morgan fingerprint density at radius 2 is 2.21 bits per heavy atom. The lowest BCUT2D eigenvalue weighted by atomic mass is 10.4. The minimum absolute atomic E-state index is 0.486. The lowest BCUT2D eigenvalue weighted by Crippen LogP contribution is -2.26. The van der Waals surface area contributed by atoms with Crippen molar-refractivity contribution in [2.75, 3.05) is 31.2 Å². The predicted molar refractivity (Wildman–Crippen MR) is 54.7 cm³/mol. The molecule has 0 amide bonds. The SMILES string of the molecule is Clc1cc(N2CCCOCC2)ncn1. The Labute approximate surface area is 87.9 Å². The summed E-state index contributed by atoms with van der Waals surface area (Å²) in [4.78, 5) is 10.2. The first kappa shape index (κ1) is 9.68. The van der Waals surface area contributed by atoms with E-state index in [9.17, 15) is 0 Å². The number of nitrogens with zero attached hydrogens (tertiary/aromatic N) is 3. The summed E-state index contributed by atoms with van der Waals surface area (Å²) < 4.78 is 5.36. The summed E-state index contributed by atoms with van der Waals surface area (Å²) in [5.41, 5.74) is 0. The molecule has 0 radical (unpaired) electrons. The van der Waals surface area contributed by atoms with Gasteiger partial charge in [-0.3, -0.25) is 0 Å². The zero-order valence-electron chi connectivity index (χ0n) is 7.82. The fourth-order valence-corrected chi connectivity index (χ4v) is 1.61. The van der Waals surface area contributed by atoms with Crippen LogP contribution in [0.25, 0.3) is 0 Å². The molecule has 1 aliphatic heterocycles. The highest BCUT2D eigenvalue weighted by atomic mass is 35.5. The van der Waals surface area contributed by atoms with Gasteiger partial charge in [-0.15, -0.1) is 0 Å². The molecular weight excluding hydrogens is 202 g/mol. The number of ether oxygens (including phenoxy) is 1. The van der Waals surface area contributed by atoms with E-state index in [0.717, 1.165) is 38.5 Å². The average molecular weight is 214 g/mol. The Morgan fingerprint density at radius 3 is 3.07 bits per heavy atom. The van der Waals surface area contributed by atoms with Gasteiger partial charge in [0.25, 0.3) is 0 Å². The molecule has 0 N–H and O–H groups in total. The first-order valence-corrected chi connectivity index (χ1v) is 5.04. The summed E-state index contributed by atoms with van der Waals surface area (Å²) in [5.74, 6) is 0.885. The number of halogens is 1. The zero-order chi connectivity index (χ0) is 9.80. The second kappa shape index (κ2) is 4.57. The third-order valence-corrected chi connectivity index (χ3v) is 2.37. The van der Waals surface area contributed by atoms with E-state index in [1.807, 2.05) is 0 Å². The van der Waals surface area contributed by atoms with Crippen LogP contribution in [0.4, 0.5) is 5.82 Å². The van der Waals surface area contributed by atoms with Crippen LogP contribution in [0.2, 0.25) is 5.15 Å². The minimum Gasteiger partial charge on any atom is -0.380 e. The molecule has 0 spiro atoms. The van der Waals surface area contributed by atoms with Gasteiger partial charge in [0.15, 0.2) is 0 Å². The van der Waals surface area contributed by atoms with Crippen molar-refractivity contribution in [1.29, 1.82) is 0 Å². The maximum Gasteiger partial charge on any atom is 0.134 e. The number of aromatic nitrogens is 2. The summed E-state index contributed by atoms with van der Waals surface area (Å²) in [7, 11) is 0. The number of anilines is 1. The quantitative estimate of drug-likeness (QED) is 0.661. The topological polar surface area (TPSA) is 38.2 Å². The molecule has 76 valence electrons. The van der Waals surface area contributed by atoms with Crippen LogP contribution in [0.1, 0.15) is 6.42 Å². The molecule has 2 heterocycles. The van der Waals surface area contributed by atoms with Gasteiger partial charge in [-0.05, 0) is 6.42 Å². The summed E-state index contributed by atoms with van der Waals surface area (Å²) in [6, 6.07) is 1.78. The van der Waals surface area contributed by atoms with Gasteiger partial charge in [0.2, 0.25) is 0 Å². The Bertz CT molecular complexity index is 300. The van der Waals surface area contributed by atoms with Gasteiger partial charge in [0.05, 0.1) is 6.61 Å². The lowest BCUT2D eigenvalue weighted by molar-refractivity contribution is 0.152. The van der Waals surface area contributed by atoms with Crippen LogP contribution in [-0.2, 0) is 4.74 Å². The van der Waals surface area contributed by atoms with Crippen molar-refractivity contribution in [2.45, 2.75) is 6.42 Å². The van der Waals surface area contributed by atoms with Crippen LogP contribution in [-0.4, -0.2) is 36.3 Å². The first-order chi connectivity index (χ1) is 6.86. The molecule has 0 unspecified atom stereocenters. The van der Waals surface area contributed by atoms with Crippen LogP contribution in [0, 0.1) is 0 Å². The van der Waals surface area contributed by atoms with Crippen LogP contribution in [0.3, 0.4) is 0 Å². The van der Waals surface area contributed by atoms with Crippen molar-refractivity contribution in [2.24, 2.45) is 0 Å². The smallest absolute Gasteiger partial charge is 0.134 e. The second-order valence-corrected chi connectivity index (χ2v) is 3.54. The molecule has 1 aromatic heterocycles. The lowest BCUT2D eigenvalue weighted by Gasteiger charge is -2.20. The molecule has 1 aromatic rings. The van der Waals surface area contributed by atoms with E-state index in [0.29, 0.717) is 5.15 Å². The molecule has 5 heteroatoms. The van der Waals surface area contributed by atoms with Gasteiger partial charge in [-0.2, -0.15) is 0 Å². The predicted octanol–water partition coefficient (Wildman–Crippen LogP) is 1.36. The van der Waals surface area contributed by atoms with Gasteiger partial charge in [-0.1, -0.05) is 11.6 Å². The molecule has 0 aliphatic carbocycles. The van der Waals surface area contributed by atoms with Crippen LogP contribution in [0.15, 0.2) is 12.4 Å². The van der Waals surface area contributed by atoms with Crippen molar-refractivity contribution in [3.63, 3.8) is 0 Å². The van der Waals surface area contributed by atoms with Gasteiger partial charge in [0.1, 0.15) is 17.3 Å². The molecule has 0 atom stereocenters. The standard InChI is InChI=1S/C9H12ClN3O/c10-8-6-9(12-7-11-8)13-2-1-4-14-5-3-13/h6-7H,1-5H2. The maximum absolute atomic E-state index is 5.80. The normalized spacial score (nSPS) is 17.9. The Kier molecular flexibility index (Phi) is 3.16. The van der Waals surface area contributed by atoms with Crippen LogP contribution in [0.5, 0.6) is 0 Å². The number of rotatable bonds is 1. The maximum atomic E-state index is 5.80. The molecule has 0 bridgehead atoms. The summed E-state index contributed by atoms with van der Waals surface area (Å²) in [5, 5.41) is 0.486. The summed E-state index contributed by atoms with van der Waals surface area (Å²) in [6.45, 7) is 3.41. The van der Waals surface area contributed by atoms with Crippen LogP contribution < -0.4 is 4.90 Å². The summed E-state index contributed by atoms with van der Waals surface area (Å²) >= 11 is 5.80. The van der Waals surface area contributed by atoms with Gasteiger partial charge >= 0.3 is 0 Å². The molecule has 1 saturated heterocycles. The van der Waals surface area contributed by atoms with Crippen molar-refractivity contribution >= 4 is 17.4 Å². The van der Waals surface area contributed by atoms with Crippen molar-refractivity contribution < 1.29 is 4.74 Å². The summed E-state index contributed by atoms with van der Waals surface area (Å²) in [6.07, 6.45) is 2.52. The van der Waals surface area contributed by atoms with E-state index >= 15 is 0 Å². The van der Waals surface area contributed by atoms with E-state index in [1.165, 1.54) is 6.33 Å². The fraction of sp³-hybridized carbons (Fsp3) is 0.556. The third-order valence-electron chi connectivity index (χ3n) is 2.17. The molecule has 1 aliphatic rings. The van der Waals surface area contributed by atoms with Gasteiger partial charge < -0.3 is 9.64 Å². The Balaban J connectivity index is 2.12. The van der Waals surface area contributed by atoms with Gasteiger partial charge in [-0.25, -0.2) is 9.97 Å². The molecule has 0 aromatic carbocycles. The second-order valence-electron chi connectivity index (χ2n) is 3.15. The minimum atomic E-state index is 0.486. The average Bonchev–Trinajstić information content (AvgIpc) is 2.45. The molecule has 1 fully saturated rings. The van der Waals surface area contributed by atoms with Crippen molar-refractivity contribution in [1.82, 2.24) is 9.97 Å². The van der Waals surface area contributed by atoms with Crippen molar-refractivity contribution in [3.05, 3.63) is 17.5 Å². The highest BCUT2D eigenvalue weighted by molar-refractivity contribution is 6.29. The first-order valence-electron chi connectivity index (χ1n) is 4.66. The number of hydrogen-bond donors (Lipinski definition) is 0. The third kappa shape index (κ3) is 2.33. The van der Waals surface area contributed by atoms with E-state index in [2.05, 4.69) is 14.9 Å². The zero-order valence-corrected chi connectivity index (χ0v) is 8.57. The highest BCUT2D eigenvalue weighted by Crippen LogP contribution is 2.15. The van der Waals surface area contributed by atoms with E-state index in [-0.39, 0.29) is 0 Å². The van der Waals surface area contributed by atoms with Crippen molar-refractivity contribution in [3.8, 4) is 0 Å². The fourth-order valence-electron chi connectivity index (χ4n) is 1.47. The molecule has 2 rings (SSSR count). The molecule has 0 saturated carbocycles. The molecule has 4 nitrogen and oxygen atoms in total. The van der Waals surface area contributed by atoms with Gasteiger partial charge in [0, 0.05) is 25.8 Å².